The maximum absolute atomic E-state index is 12.2. The number of fused-ring (bicyclic) bond motifs is 1. The minimum atomic E-state index is -0.259. The van der Waals surface area contributed by atoms with Gasteiger partial charge in [0.2, 0.25) is 0 Å². The van der Waals surface area contributed by atoms with Crippen molar-refractivity contribution in [1.29, 1.82) is 0 Å². The molecule has 2 aromatic carbocycles. The van der Waals surface area contributed by atoms with Gasteiger partial charge in [-0.25, -0.2) is 0 Å². The van der Waals surface area contributed by atoms with Crippen molar-refractivity contribution in [3.05, 3.63) is 58.2 Å². The Morgan fingerprint density at radius 3 is 2.90 bits per heavy atom. The van der Waals surface area contributed by atoms with Gasteiger partial charge < -0.3 is 5.32 Å². The fourth-order valence-electron chi connectivity index (χ4n) is 1.87. The number of amides is 1. The van der Waals surface area contributed by atoms with Crippen LogP contribution in [0.25, 0.3) is 10.9 Å². The zero-order chi connectivity index (χ0) is 14.1. The molecule has 0 saturated carbocycles. The van der Waals surface area contributed by atoms with Crippen molar-refractivity contribution in [2.45, 2.75) is 0 Å². The third-order valence-corrected chi connectivity index (χ3v) is 3.72. The Hall–Kier alpha value is -2.04. The first-order valence-electron chi connectivity index (χ1n) is 5.83. The first-order chi connectivity index (χ1) is 9.65. The molecule has 2 N–H and O–H groups in total. The number of hydrogen-bond acceptors (Lipinski definition) is 2. The molecule has 1 heterocycles. The summed E-state index contributed by atoms with van der Waals surface area (Å²) in [5.74, 6) is -0.259. The summed E-state index contributed by atoms with van der Waals surface area (Å²) in [5.41, 5.74) is 1.79. The molecule has 4 nitrogen and oxygen atoms in total. The molecule has 20 heavy (non-hydrogen) atoms. The molecule has 0 bridgehead atoms. The predicted molar refractivity (Wildman–Crippen MR) is 80.5 cm³/mol. The number of benzene rings is 2. The standard InChI is InChI=1S/C14H9Cl2N3O/c15-10-2-1-3-11(13(10)16)18-14(20)8-4-5-9-7-17-19-12(9)6-8/h1-7H,(H,17,19)(H,18,20). The minimum absolute atomic E-state index is 0.259. The lowest BCUT2D eigenvalue weighted by Crippen LogP contribution is -2.12. The van der Waals surface area contributed by atoms with Gasteiger partial charge in [0, 0.05) is 10.9 Å². The second-order valence-corrected chi connectivity index (χ2v) is 5.01. The second-order valence-electron chi connectivity index (χ2n) is 4.23. The molecule has 0 aliphatic carbocycles. The highest BCUT2D eigenvalue weighted by Crippen LogP contribution is 2.29. The molecule has 0 radical (unpaired) electrons. The van der Waals surface area contributed by atoms with Gasteiger partial charge in [0.15, 0.2) is 0 Å². The number of aromatic amines is 1. The van der Waals surface area contributed by atoms with Crippen molar-refractivity contribution in [1.82, 2.24) is 10.2 Å². The summed E-state index contributed by atoms with van der Waals surface area (Å²) in [6.07, 6.45) is 1.70. The summed E-state index contributed by atoms with van der Waals surface area (Å²) in [6.45, 7) is 0. The first-order valence-corrected chi connectivity index (χ1v) is 6.59. The molecule has 0 unspecified atom stereocenters. The molecule has 100 valence electrons. The third-order valence-electron chi connectivity index (χ3n) is 2.90. The summed E-state index contributed by atoms with van der Waals surface area (Å²) in [5, 5.41) is 11.1. The second kappa shape index (κ2) is 5.15. The average molecular weight is 306 g/mol. The lowest BCUT2D eigenvalue weighted by molar-refractivity contribution is 0.102. The zero-order valence-electron chi connectivity index (χ0n) is 10.2. The molecule has 1 amide bonds. The number of rotatable bonds is 2. The number of halogens is 2. The van der Waals surface area contributed by atoms with Crippen LogP contribution in [0.4, 0.5) is 5.69 Å². The lowest BCUT2D eigenvalue weighted by Gasteiger charge is -2.08. The van der Waals surface area contributed by atoms with Crippen LogP contribution < -0.4 is 5.32 Å². The number of carbonyl (C=O) groups is 1. The summed E-state index contributed by atoms with van der Waals surface area (Å²) in [6, 6.07) is 10.4. The predicted octanol–water partition coefficient (Wildman–Crippen LogP) is 4.12. The van der Waals surface area contributed by atoms with E-state index in [1.807, 2.05) is 6.07 Å². The van der Waals surface area contributed by atoms with Crippen LogP contribution >= 0.6 is 23.2 Å². The highest BCUT2D eigenvalue weighted by atomic mass is 35.5. The smallest absolute Gasteiger partial charge is 0.255 e. The number of nitrogens with zero attached hydrogens (tertiary/aromatic N) is 1. The Labute approximate surface area is 124 Å². The van der Waals surface area contributed by atoms with Gasteiger partial charge in [-0.15, -0.1) is 0 Å². The molecule has 0 aliphatic rings. The van der Waals surface area contributed by atoms with E-state index in [0.29, 0.717) is 21.3 Å². The summed E-state index contributed by atoms with van der Waals surface area (Å²) in [4.78, 5) is 12.2. The van der Waals surface area contributed by atoms with E-state index in [4.69, 9.17) is 23.2 Å². The molecule has 1 aromatic heterocycles. The maximum Gasteiger partial charge on any atom is 0.255 e. The van der Waals surface area contributed by atoms with Gasteiger partial charge in [0.1, 0.15) is 0 Å². The molecule has 0 saturated heterocycles. The number of aromatic nitrogens is 2. The van der Waals surface area contributed by atoms with Gasteiger partial charge in [-0.3, -0.25) is 9.89 Å². The van der Waals surface area contributed by atoms with Crippen LogP contribution in [0.1, 0.15) is 10.4 Å². The average Bonchev–Trinajstić information content (AvgIpc) is 2.91. The lowest BCUT2D eigenvalue weighted by atomic mass is 10.1. The van der Waals surface area contributed by atoms with Crippen molar-refractivity contribution in [3.8, 4) is 0 Å². The fraction of sp³-hybridized carbons (Fsp3) is 0. The first kappa shape index (κ1) is 13.0. The van der Waals surface area contributed by atoms with E-state index in [1.165, 1.54) is 0 Å². The fourth-order valence-corrected chi connectivity index (χ4v) is 2.22. The Bertz CT molecular complexity index is 798. The van der Waals surface area contributed by atoms with Crippen LogP contribution in [0.15, 0.2) is 42.6 Å². The van der Waals surface area contributed by atoms with Crippen molar-refractivity contribution in [2.75, 3.05) is 5.32 Å². The van der Waals surface area contributed by atoms with Crippen molar-refractivity contribution < 1.29 is 4.79 Å². The Morgan fingerprint density at radius 1 is 1.20 bits per heavy atom. The molecule has 0 atom stereocenters. The van der Waals surface area contributed by atoms with Crippen LogP contribution in [-0.2, 0) is 0 Å². The van der Waals surface area contributed by atoms with Gasteiger partial charge in [-0.1, -0.05) is 35.3 Å². The van der Waals surface area contributed by atoms with Crippen molar-refractivity contribution >= 4 is 45.7 Å². The molecular formula is C14H9Cl2N3O. The van der Waals surface area contributed by atoms with E-state index in [1.54, 1.807) is 36.5 Å². The van der Waals surface area contributed by atoms with Gasteiger partial charge >= 0.3 is 0 Å². The van der Waals surface area contributed by atoms with E-state index in [9.17, 15) is 4.79 Å². The summed E-state index contributed by atoms with van der Waals surface area (Å²) < 4.78 is 0. The molecule has 3 rings (SSSR count). The van der Waals surface area contributed by atoms with Crippen LogP contribution in [0.5, 0.6) is 0 Å². The SMILES string of the molecule is O=C(Nc1cccc(Cl)c1Cl)c1ccc2cn[nH]c2c1. The van der Waals surface area contributed by atoms with E-state index in [2.05, 4.69) is 15.5 Å². The van der Waals surface area contributed by atoms with E-state index < -0.39 is 0 Å². The van der Waals surface area contributed by atoms with Crippen LogP contribution in [0, 0.1) is 0 Å². The normalized spacial score (nSPS) is 10.7. The van der Waals surface area contributed by atoms with Gasteiger partial charge in [0.25, 0.3) is 5.91 Å². The Kier molecular flexibility index (Phi) is 3.34. The number of H-pyrrole nitrogens is 1. The minimum Gasteiger partial charge on any atom is -0.321 e. The molecular weight excluding hydrogens is 297 g/mol. The number of nitrogens with one attached hydrogen (secondary N) is 2. The molecule has 6 heteroatoms. The molecule has 3 aromatic rings. The largest absolute Gasteiger partial charge is 0.321 e. The van der Waals surface area contributed by atoms with Crippen molar-refractivity contribution in [3.63, 3.8) is 0 Å². The van der Waals surface area contributed by atoms with Crippen LogP contribution in [-0.4, -0.2) is 16.1 Å². The van der Waals surface area contributed by atoms with Gasteiger partial charge in [-0.05, 0) is 24.3 Å². The van der Waals surface area contributed by atoms with Gasteiger partial charge in [-0.2, -0.15) is 5.10 Å². The summed E-state index contributed by atoms with van der Waals surface area (Å²) in [7, 11) is 0. The molecule has 0 fully saturated rings. The quantitative estimate of drug-likeness (QED) is 0.748. The highest BCUT2D eigenvalue weighted by molar-refractivity contribution is 6.44. The van der Waals surface area contributed by atoms with E-state index >= 15 is 0 Å². The number of anilines is 1. The van der Waals surface area contributed by atoms with Crippen molar-refractivity contribution in [2.24, 2.45) is 0 Å². The Morgan fingerprint density at radius 2 is 2.05 bits per heavy atom. The monoisotopic (exact) mass is 305 g/mol. The summed E-state index contributed by atoms with van der Waals surface area (Å²) >= 11 is 11.9. The number of carbonyl (C=O) groups excluding carboxylic acids is 1. The third kappa shape index (κ3) is 2.35. The topological polar surface area (TPSA) is 57.8 Å². The van der Waals surface area contributed by atoms with E-state index in [-0.39, 0.29) is 5.91 Å². The van der Waals surface area contributed by atoms with Crippen LogP contribution in [0.3, 0.4) is 0 Å². The van der Waals surface area contributed by atoms with E-state index in [0.717, 1.165) is 10.9 Å². The number of hydrogen-bond donors (Lipinski definition) is 2. The molecule has 0 spiro atoms. The Balaban J connectivity index is 1.90. The van der Waals surface area contributed by atoms with Crippen LogP contribution in [0.2, 0.25) is 10.0 Å². The highest BCUT2D eigenvalue weighted by Gasteiger charge is 2.11. The molecule has 0 aliphatic heterocycles. The maximum atomic E-state index is 12.2. The zero-order valence-corrected chi connectivity index (χ0v) is 11.7. The van der Waals surface area contributed by atoms with Gasteiger partial charge in [0.05, 0.1) is 27.4 Å².